The zero-order valence-electron chi connectivity index (χ0n) is 13.7. The van der Waals surface area contributed by atoms with Crippen molar-refractivity contribution in [3.8, 4) is 0 Å². The number of nitrogens with zero attached hydrogens (tertiary/aromatic N) is 2. The van der Waals surface area contributed by atoms with Gasteiger partial charge in [0.2, 0.25) is 0 Å². The molecule has 4 N–H and O–H groups in total. The molecule has 0 unspecified atom stereocenters. The van der Waals surface area contributed by atoms with E-state index in [4.69, 9.17) is 5.73 Å². The maximum absolute atomic E-state index is 6.13. The van der Waals surface area contributed by atoms with Crippen molar-refractivity contribution in [1.82, 2.24) is 19.9 Å². The van der Waals surface area contributed by atoms with Crippen LogP contribution < -0.4 is 5.73 Å². The molecule has 5 rings (SSSR count). The Labute approximate surface area is 162 Å². The smallest absolute Gasteiger partial charge is 0.0659 e. The van der Waals surface area contributed by atoms with Crippen molar-refractivity contribution in [2.24, 2.45) is 0 Å². The van der Waals surface area contributed by atoms with Gasteiger partial charge in [0, 0.05) is 36.0 Å². The van der Waals surface area contributed by atoms with Crippen molar-refractivity contribution < 1.29 is 19.5 Å². The number of anilines is 1. The van der Waals surface area contributed by atoms with E-state index in [-0.39, 0.29) is 19.5 Å². The fraction of sp³-hybridized carbons (Fsp3) is 0. The molecule has 8 bridgehead atoms. The molecule has 5 heterocycles. The predicted molar refractivity (Wildman–Crippen MR) is 103 cm³/mol. The maximum atomic E-state index is 6.13. The largest absolute Gasteiger partial charge is 0.397 e. The number of rotatable bonds is 0. The first-order valence-corrected chi connectivity index (χ1v) is 8.05. The number of aromatic amines is 2. The summed E-state index contributed by atoms with van der Waals surface area (Å²) in [7, 11) is 0. The first-order valence-electron chi connectivity index (χ1n) is 8.05. The summed E-state index contributed by atoms with van der Waals surface area (Å²) in [5, 5.41) is 0. The molecule has 0 atom stereocenters. The molecule has 0 saturated carbocycles. The number of fused-ring (bicyclic) bond motifs is 8. The second-order valence-electron chi connectivity index (χ2n) is 6.13. The van der Waals surface area contributed by atoms with Crippen LogP contribution in [0.4, 0.5) is 5.69 Å². The summed E-state index contributed by atoms with van der Waals surface area (Å²) >= 11 is 0. The summed E-state index contributed by atoms with van der Waals surface area (Å²) < 4.78 is 0. The van der Waals surface area contributed by atoms with E-state index >= 15 is 0 Å². The van der Waals surface area contributed by atoms with Crippen LogP contribution in [0.15, 0.2) is 42.5 Å². The Hall–Kier alpha value is -2.98. The van der Waals surface area contributed by atoms with Crippen LogP contribution in [0.25, 0.3) is 46.4 Å². The number of H-pyrrole nitrogens is 2. The summed E-state index contributed by atoms with van der Waals surface area (Å²) in [6.45, 7) is 0. The van der Waals surface area contributed by atoms with Gasteiger partial charge in [0.05, 0.1) is 34.0 Å². The molecule has 0 aliphatic carbocycles. The Morgan fingerprint density at radius 3 is 1.69 bits per heavy atom. The topological polar surface area (TPSA) is 83.4 Å². The molecule has 3 aromatic heterocycles. The van der Waals surface area contributed by atoms with Crippen LogP contribution in [-0.4, -0.2) is 19.9 Å². The monoisotopic (exact) mass is 427 g/mol. The fourth-order valence-corrected chi connectivity index (χ4v) is 3.04. The van der Waals surface area contributed by atoms with Gasteiger partial charge in [0.1, 0.15) is 0 Å². The molecule has 0 saturated heterocycles. The van der Waals surface area contributed by atoms with Gasteiger partial charge in [-0.2, -0.15) is 0 Å². The standard InChI is InChI=1S/C20H15N5.Ru/c21-19-10-18-9-16-4-3-14(23-16)7-12-1-2-13(22-12)8-15-5-6-17(24-15)11-20(19)25-18;/h1-11,22,25H,21H2;. The second kappa shape index (κ2) is 6.39. The molecule has 2 aliphatic rings. The second-order valence-corrected chi connectivity index (χ2v) is 6.13. The van der Waals surface area contributed by atoms with E-state index < -0.39 is 0 Å². The Morgan fingerprint density at radius 1 is 0.615 bits per heavy atom. The number of nitrogens with one attached hydrogen (secondary N) is 2. The van der Waals surface area contributed by atoms with Gasteiger partial charge < -0.3 is 15.7 Å². The fourth-order valence-electron chi connectivity index (χ4n) is 3.04. The number of aromatic nitrogens is 4. The van der Waals surface area contributed by atoms with Crippen LogP contribution in [0.2, 0.25) is 0 Å². The minimum Gasteiger partial charge on any atom is -0.397 e. The molecule has 6 heteroatoms. The zero-order chi connectivity index (χ0) is 16.8. The molecule has 3 aromatic rings. The third-order valence-corrected chi connectivity index (χ3v) is 4.20. The first-order chi connectivity index (χ1) is 12.2. The third kappa shape index (κ3) is 3.11. The van der Waals surface area contributed by atoms with Crippen molar-refractivity contribution in [2.75, 3.05) is 5.73 Å². The molecule has 0 amide bonds. The van der Waals surface area contributed by atoms with Gasteiger partial charge in [-0.1, -0.05) is 0 Å². The molecular weight excluding hydrogens is 411 g/mol. The third-order valence-electron chi connectivity index (χ3n) is 4.20. The van der Waals surface area contributed by atoms with Crippen molar-refractivity contribution in [2.45, 2.75) is 0 Å². The van der Waals surface area contributed by atoms with Crippen LogP contribution in [0, 0.1) is 0 Å². The van der Waals surface area contributed by atoms with Crippen LogP contribution in [0.5, 0.6) is 0 Å². The summed E-state index contributed by atoms with van der Waals surface area (Å²) in [5.74, 6) is 0. The van der Waals surface area contributed by atoms with Gasteiger partial charge in [-0.3, -0.25) is 0 Å². The van der Waals surface area contributed by atoms with Crippen LogP contribution >= 0.6 is 0 Å². The van der Waals surface area contributed by atoms with E-state index in [0.29, 0.717) is 5.69 Å². The average molecular weight is 426 g/mol. The summed E-state index contributed by atoms with van der Waals surface area (Å²) in [5.41, 5.74) is 14.2. The van der Waals surface area contributed by atoms with Gasteiger partial charge in [0.15, 0.2) is 0 Å². The van der Waals surface area contributed by atoms with Gasteiger partial charge in [0.25, 0.3) is 0 Å². The normalized spacial score (nSPS) is 12.2. The zero-order valence-corrected chi connectivity index (χ0v) is 15.4. The molecule has 128 valence electrons. The van der Waals surface area contributed by atoms with Crippen LogP contribution in [0.3, 0.4) is 0 Å². The number of hydrogen-bond donors (Lipinski definition) is 3. The number of nitrogen functional groups attached to an aromatic ring is 1. The summed E-state index contributed by atoms with van der Waals surface area (Å²) in [4.78, 5) is 15.9. The molecule has 0 radical (unpaired) electrons. The van der Waals surface area contributed by atoms with Gasteiger partial charge in [-0.05, 0) is 66.8 Å². The maximum Gasteiger partial charge on any atom is 0.0659 e. The molecule has 5 nitrogen and oxygen atoms in total. The SMILES string of the molecule is Nc1cc2cc3nc(cc4ccc(cc5nc(cc1[nH]2)C=C5)[nH]4)C=C3.[Ru]. The van der Waals surface area contributed by atoms with E-state index in [9.17, 15) is 0 Å². The molecule has 0 aromatic carbocycles. The minimum absolute atomic E-state index is 0. The quantitative estimate of drug-likeness (QED) is 0.324. The Kier molecular flexibility index (Phi) is 4.05. The molecule has 0 fully saturated rings. The van der Waals surface area contributed by atoms with Crippen molar-refractivity contribution in [3.05, 3.63) is 65.2 Å². The Morgan fingerprint density at radius 2 is 1.12 bits per heavy atom. The summed E-state index contributed by atoms with van der Waals surface area (Å²) in [6, 6.07) is 14.0. The minimum atomic E-state index is 0. The van der Waals surface area contributed by atoms with E-state index in [1.165, 1.54) is 0 Å². The molecular formula is C20H15N5Ru. The Balaban J connectivity index is 0.00000168. The number of nitrogens with two attached hydrogens (primary N) is 1. The first kappa shape index (κ1) is 16.5. The Bertz CT molecular complexity index is 1210. The van der Waals surface area contributed by atoms with Crippen molar-refractivity contribution >= 4 is 52.1 Å². The average Bonchev–Trinajstić information content (AvgIpc) is 3.33. The number of hydrogen-bond acceptors (Lipinski definition) is 3. The van der Waals surface area contributed by atoms with Crippen LogP contribution in [0.1, 0.15) is 22.8 Å². The van der Waals surface area contributed by atoms with Crippen LogP contribution in [-0.2, 0) is 19.5 Å². The van der Waals surface area contributed by atoms with Crippen molar-refractivity contribution in [1.29, 1.82) is 0 Å². The summed E-state index contributed by atoms with van der Waals surface area (Å²) in [6.07, 6.45) is 7.96. The van der Waals surface area contributed by atoms with E-state index in [0.717, 1.165) is 44.8 Å². The predicted octanol–water partition coefficient (Wildman–Crippen LogP) is 4.24. The van der Waals surface area contributed by atoms with E-state index in [1.807, 2.05) is 66.8 Å². The molecule has 26 heavy (non-hydrogen) atoms. The molecule has 0 spiro atoms. The molecule has 2 aliphatic heterocycles. The van der Waals surface area contributed by atoms with Gasteiger partial charge in [-0.15, -0.1) is 0 Å². The van der Waals surface area contributed by atoms with E-state index in [1.54, 1.807) is 0 Å². The van der Waals surface area contributed by atoms with Crippen molar-refractivity contribution in [3.63, 3.8) is 0 Å². The van der Waals surface area contributed by atoms with E-state index in [2.05, 4.69) is 19.9 Å². The van der Waals surface area contributed by atoms with Gasteiger partial charge >= 0.3 is 0 Å². The van der Waals surface area contributed by atoms with Gasteiger partial charge in [-0.25, -0.2) is 9.97 Å².